The highest BCUT2D eigenvalue weighted by Gasteiger charge is 2.45. The lowest BCUT2D eigenvalue weighted by atomic mass is 9.85. The molecular formula is C36H43N5O6S. The maximum atomic E-state index is 13.7. The van der Waals surface area contributed by atoms with Crippen molar-refractivity contribution in [2.24, 2.45) is 5.92 Å². The Bertz CT molecular complexity index is 1960. The van der Waals surface area contributed by atoms with Crippen molar-refractivity contribution in [3.05, 3.63) is 88.5 Å². The van der Waals surface area contributed by atoms with Crippen molar-refractivity contribution in [1.29, 1.82) is 0 Å². The zero-order chi connectivity index (χ0) is 34.5. The predicted molar refractivity (Wildman–Crippen MR) is 183 cm³/mol. The van der Waals surface area contributed by atoms with Gasteiger partial charge in [-0.1, -0.05) is 50.6 Å². The van der Waals surface area contributed by atoms with Crippen molar-refractivity contribution >= 4 is 33.6 Å². The summed E-state index contributed by atoms with van der Waals surface area (Å²) in [6, 6.07) is 17.2. The Labute approximate surface area is 281 Å². The second kappa shape index (κ2) is 12.6. The number of hydrogen-bond donors (Lipinski definition) is 3. The number of anilines is 2. The summed E-state index contributed by atoms with van der Waals surface area (Å²) in [6.07, 6.45) is 4.00. The zero-order valence-corrected chi connectivity index (χ0v) is 29.0. The van der Waals surface area contributed by atoms with Crippen molar-refractivity contribution in [1.82, 2.24) is 14.7 Å². The van der Waals surface area contributed by atoms with Crippen LogP contribution in [0.4, 0.5) is 16.3 Å². The van der Waals surface area contributed by atoms with Crippen LogP contribution in [0.15, 0.2) is 63.9 Å². The summed E-state index contributed by atoms with van der Waals surface area (Å²) in [5, 5.41) is 10.8. The molecule has 2 aliphatic heterocycles. The summed E-state index contributed by atoms with van der Waals surface area (Å²) in [7, 11) is -4.63. The van der Waals surface area contributed by atoms with Gasteiger partial charge in [0.05, 0.1) is 11.4 Å². The largest absolute Gasteiger partial charge is 0.464 e. The van der Waals surface area contributed by atoms with Crippen LogP contribution in [0.2, 0.25) is 0 Å². The molecule has 0 radical (unpaired) electrons. The van der Waals surface area contributed by atoms with Crippen LogP contribution in [0.3, 0.4) is 0 Å². The monoisotopic (exact) mass is 673 g/mol. The number of fused-ring (bicyclic) bond motifs is 2. The van der Waals surface area contributed by atoms with E-state index in [1.54, 1.807) is 16.5 Å². The number of amides is 3. The van der Waals surface area contributed by atoms with Crippen LogP contribution < -0.4 is 10.6 Å². The molecule has 4 heterocycles. The van der Waals surface area contributed by atoms with Gasteiger partial charge in [0.25, 0.3) is 16.0 Å². The Kier molecular flexibility index (Phi) is 8.76. The van der Waals surface area contributed by atoms with E-state index in [9.17, 15) is 22.6 Å². The predicted octanol–water partition coefficient (Wildman–Crippen LogP) is 7.20. The molecule has 0 saturated carbocycles. The van der Waals surface area contributed by atoms with Gasteiger partial charge in [0, 0.05) is 29.3 Å². The number of carbonyl (C=O) groups is 2. The van der Waals surface area contributed by atoms with Crippen LogP contribution in [0, 0.1) is 26.7 Å². The molecule has 2 aromatic heterocycles. The smallest absolute Gasteiger partial charge is 0.324 e. The van der Waals surface area contributed by atoms with Crippen molar-refractivity contribution < 1.29 is 27.0 Å². The lowest BCUT2D eigenvalue weighted by molar-refractivity contribution is 0.0519. The third-order valence-electron chi connectivity index (χ3n) is 9.45. The molecule has 2 bridgehead atoms. The molecule has 2 saturated heterocycles. The fourth-order valence-corrected chi connectivity index (χ4v) is 8.14. The standard InChI is InChI=1S/C36H43N5O6S/c1-21-10-12-27(13-11-21)41-31(20-30(39-41)36(4,5)6)38-35(43)37-26-9-7-8-24(17-26)16-25-18-28-14-15-29(19-25)40(28)34(42)32-22(2)47-23(3)33(32)48(44,45)46/h7-13,17,20,25,28-29H,14-16,18-19H2,1-6H3,(H2,37,38,43)(H,44,45,46). The van der Waals surface area contributed by atoms with E-state index in [-0.39, 0.29) is 40.6 Å². The molecule has 2 atom stereocenters. The number of carbonyl (C=O) groups excluding carboxylic acids is 2. The van der Waals surface area contributed by atoms with E-state index in [0.717, 1.165) is 54.6 Å². The van der Waals surface area contributed by atoms with Gasteiger partial charge in [-0.05, 0) is 88.6 Å². The van der Waals surface area contributed by atoms with Crippen LogP contribution in [-0.2, 0) is 22.0 Å². The number of nitrogens with zero attached hydrogens (tertiary/aromatic N) is 3. The van der Waals surface area contributed by atoms with Crippen LogP contribution in [0.25, 0.3) is 5.69 Å². The van der Waals surface area contributed by atoms with E-state index in [4.69, 9.17) is 9.52 Å². The fraction of sp³-hybridized carbons (Fsp3) is 0.417. The molecule has 2 unspecified atom stereocenters. The van der Waals surface area contributed by atoms with Crippen molar-refractivity contribution in [3.8, 4) is 5.69 Å². The Hall–Kier alpha value is -4.42. The molecule has 2 fully saturated rings. The van der Waals surface area contributed by atoms with E-state index < -0.39 is 20.9 Å². The molecule has 48 heavy (non-hydrogen) atoms. The normalized spacial score (nSPS) is 19.4. The first-order chi connectivity index (χ1) is 22.6. The highest BCUT2D eigenvalue weighted by atomic mass is 32.2. The van der Waals surface area contributed by atoms with Crippen LogP contribution >= 0.6 is 0 Å². The highest BCUT2D eigenvalue weighted by Crippen LogP contribution is 2.42. The molecule has 4 aromatic rings. The van der Waals surface area contributed by atoms with Gasteiger partial charge in [0.1, 0.15) is 27.8 Å². The topological polar surface area (TPSA) is 147 Å². The van der Waals surface area contributed by atoms with Gasteiger partial charge < -0.3 is 14.6 Å². The number of benzene rings is 2. The second-order valence-corrected chi connectivity index (χ2v) is 15.6. The molecule has 3 N–H and O–H groups in total. The average Bonchev–Trinajstić information content (AvgIpc) is 3.64. The average molecular weight is 674 g/mol. The van der Waals surface area contributed by atoms with Gasteiger partial charge in [-0.25, -0.2) is 9.48 Å². The minimum Gasteiger partial charge on any atom is -0.464 e. The molecule has 2 aromatic carbocycles. The van der Waals surface area contributed by atoms with E-state index in [2.05, 4.69) is 31.4 Å². The van der Waals surface area contributed by atoms with Crippen LogP contribution in [0.5, 0.6) is 0 Å². The van der Waals surface area contributed by atoms with Gasteiger partial charge >= 0.3 is 6.03 Å². The molecule has 6 rings (SSSR count). The van der Waals surface area contributed by atoms with E-state index in [0.29, 0.717) is 17.4 Å². The third-order valence-corrected chi connectivity index (χ3v) is 10.5. The number of urea groups is 1. The Morgan fingerprint density at radius 3 is 2.25 bits per heavy atom. The summed E-state index contributed by atoms with van der Waals surface area (Å²) in [5.74, 6) is 0.671. The summed E-state index contributed by atoms with van der Waals surface area (Å²) in [4.78, 5) is 28.3. The molecule has 0 spiro atoms. The van der Waals surface area contributed by atoms with Gasteiger partial charge in [-0.15, -0.1) is 0 Å². The molecule has 2 aliphatic rings. The number of piperidine rings is 1. The number of furan rings is 1. The Morgan fingerprint density at radius 2 is 1.62 bits per heavy atom. The molecule has 12 heteroatoms. The Morgan fingerprint density at radius 1 is 0.958 bits per heavy atom. The second-order valence-electron chi connectivity index (χ2n) is 14.2. The number of aryl methyl sites for hydroxylation is 3. The van der Waals surface area contributed by atoms with Crippen LogP contribution in [0.1, 0.15) is 85.2 Å². The maximum absolute atomic E-state index is 13.7. The van der Waals surface area contributed by atoms with Crippen molar-refractivity contribution in [2.45, 2.75) is 96.0 Å². The van der Waals surface area contributed by atoms with Crippen molar-refractivity contribution in [3.63, 3.8) is 0 Å². The maximum Gasteiger partial charge on any atom is 0.324 e. The summed E-state index contributed by atoms with van der Waals surface area (Å²) in [5.41, 5.74) is 4.31. The van der Waals surface area contributed by atoms with Crippen LogP contribution in [-0.4, -0.2) is 51.7 Å². The highest BCUT2D eigenvalue weighted by molar-refractivity contribution is 7.86. The van der Waals surface area contributed by atoms with Gasteiger partial charge in [-0.2, -0.15) is 13.5 Å². The summed E-state index contributed by atoms with van der Waals surface area (Å²) >= 11 is 0. The quantitative estimate of drug-likeness (QED) is 0.176. The first-order valence-corrected chi connectivity index (χ1v) is 17.8. The van der Waals surface area contributed by atoms with Gasteiger partial charge in [0.15, 0.2) is 0 Å². The molecule has 254 valence electrons. The molecular weight excluding hydrogens is 630 g/mol. The van der Waals surface area contributed by atoms with E-state index >= 15 is 0 Å². The summed E-state index contributed by atoms with van der Waals surface area (Å²) in [6.45, 7) is 11.3. The Balaban J connectivity index is 1.13. The number of nitrogens with one attached hydrogen (secondary N) is 2. The SMILES string of the molecule is Cc1ccc(-n2nc(C(C)(C)C)cc2NC(=O)Nc2cccc(CC3CC4CCC(C3)N4C(=O)c3c(C)oc(C)c3S(=O)(=O)O)c2)cc1. The first-order valence-electron chi connectivity index (χ1n) is 16.3. The lowest BCUT2D eigenvalue weighted by Crippen LogP contribution is -2.47. The van der Waals surface area contributed by atoms with Gasteiger partial charge in [0.2, 0.25) is 0 Å². The molecule has 3 amide bonds. The molecule has 0 aliphatic carbocycles. The van der Waals surface area contributed by atoms with E-state index in [1.165, 1.54) is 6.92 Å². The first kappa shape index (κ1) is 33.5. The van der Waals surface area contributed by atoms with Gasteiger partial charge in [-0.3, -0.25) is 14.7 Å². The number of rotatable bonds is 7. The van der Waals surface area contributed by atoms with Crippen molar-refractivity contribution in [2.75, 3.05) is 10.6 Å². The number of hydrogen-bond acceptors (Lipinski definition) is 6. The zero-order valence-electron chi connectivity index (χ0n) is 28.2. The summed E-state index contributed by atoms with van der Waals surface area (Å²) < 4.78 is 41.2. The minimum absolute atomic E-state index is 0.00862. The minimum atomic E-state index is -4.63. The molecule has 11 nitrogen and oxygen atoms in total. The number of aromatic nitrogens is 2. The lowest BCUT2D eigenvalue weighted by Gasteiger charge is -2.39. The van der Waals surface area contributed by atoms with E-state index in [1.807, 2.05) is 61.5 Å². The third kappa shape index (κ3) is 6.77. The fourth-order valence-electron chi connectivity index (χ4n) is 7.25.